The Morgan fingerprint density at radius 3 is 1.57 bits per heavy atom. The van der Waals surface area contributed by atoms with Gasteiger partial charge >= 0.3 is 11.9 Å². The highest BCUT2D eigenvalue weighted by Crippen LogP contribution is 2.11. The highest BCUT2D eigenvalue weighted by Gasteiger charge is 2.06. The van der Waals surface area contributed by atoms with Crippen LogP contribution >= 0.6 is 0 Å². The standard InChI is InChI=1S/C39H65N3O4/c1-34(2)19-16-21-36(5)31-38(43)45-29-14-10-7-8-12-24-41(26-18-27-42-28-23-40-33-42)25-13-9-11-15-30-46-39(44)32-37(6)22-17-20-35(3)4/h19-20,23,28,31-33H,7-18,21-22,24-27,29-30H2,1-6H3/b36-31+,37-32+. The second-order valence-corrected chi connectivity index (χ2v) is 13.1. The zero-order valence-corrected chi connectivity index (χ0v) is 30.2. The molecule has 0 bridgehead atoms. The third-order valence-electron chi connectivity index (χ3n) is 7.84. The minimum absolute atomic E-state index is 0.212. The molecule has 0 aliphatic heterocycles. The number of nitrogens with zero attached hydrogens (tertiary/aromatic N) is 3. The van der Waals surface area contributed by atoms with E-state index in [4.69, 9.17) is 9.47 Å². The van der Waals surface area contributed by atoms with Gasteiger partial charge < -0.3 is 18.9 Å². The number of unbranched alkanes of at least 4 members (excludes halogenated alkanes) is 7. The summed E-state index contributed by atoms with van der Waals surface area (Å²) in [5, 5.41) is 0. The van der Waals surface area contributed by atoms with Gasteiger partial charge in [0.1, 0.15) is 0 Å². The van der Waals surface area contributed by atoms with Crippen LogP contribution in [0.25, 0.3) is 0 Å². The molecule has 0 aliphatic carbocycles. The lowest BCUT2D eigenvalue weighted by molar-refractivity contribution is -0.138. The quantitative estimate of drug-likeness (QED) is 0.0413. The van der Waals surface area contributed by atoms with Gasteiger partial charge in [0.2, 0.25) is 0 Å². The molecule has 1 rings (SSSR count). The topological polar surface area (TPSA) is 73.7 Å². The predicted molar refractivity (Wildman–Crippen MR) is 192 cm³/mol. The molecule has 7 nitrogen and oxygen atoms in total. The van der Waals surface area contributed by atoms with E-state index in [0.717, 1.165) is 108 Å². The molecule has 1 heterocycles. The average Bonchev–Trinajstić information content (AvgIpc) is 3.50. The van der Waals surface area contributed by atoms with Crippen molar-refractivity contribution < 1.29 is 19.1 Å². The summed E-state index contributed by atoms with van der Waals surface area (Å²) in [6, 6.07) is 0. The van der Waals surface area contributed by atoms with Crippen LogP contribution in [0.5, 0.6) is 0 Å². The first-order valence-electron chi connectivity index (χ1n) is 17.8. The molecule has 260 valence electrons. The Hall–Kier alpha value is -2.93. The number of imidazole rings is 1. The Morgan fingerprint density at radius 2 is 1.11 bits per heavy atom. The van der Waals surface area contributed by atoms with Crippen molar-refractivity contribution in [2.75, 3.05) is 32.8 Å². The first kappa shape index (κ1) is 41.1. The average molecular weight is 640 g/mol. The summed E-state index contributed by atoms with van der Waals surface area (Å²) in [5.41, 5.74) is 4.76. The summed E-state index contributed by atoms with van der Waals surface area (Å²) in [6.45, 7) is 17.7. The zero-order valence-electron chi connectivity index (χ0n) is 30.2. The number of allylic oxidation sites excluding steroid dienone is 6. The summed E-state index contributed by atoms with van der Waals surface area (Å²) in [6.07, 6.45) is 28.1. The van der Waals surface area contributed by atoms with Gasteiger partial charge in [-0.25, -0.2) is 14.6 Å². The van der Waals surface area contributed by atoms with E-state index in [-0.39, 0.29) is 11.9 Å². The molecule has 0 unspecified atom stereocenters. The van der Waals surface area contributed by atoms with Crippen molar-refractivity contribution >= 4 is 11.9 Å². The van der Waals surface area contributed by atoms with E-state index in [2.05, 4.69) is 54.3 Å². The van der Waals surface area contributed by atoms with Gasteiger partial charge in [0, 0.05) is 31.1 Å². The van der Waals surface area contributed by atoms with Crippen molar-refractivity contribution in [3.63, 3.8) is 0 Å². The smallest absolute Gasteiger partial charge is 0.330 e. The molecule has 0 fully saturated rings. The number of hydrogen-bond acceptors (Lipinski definition) is 6. The molecule has 0 aromatic carbocycles. The molecule has 1 aromatic heterocycles. The summed E-state index contributed by atoms with van der Waals surface area (Å²) in [4.78, 5) is 30.9. The molecule has 0 aliphatic rings. The Labute approximate surface area is 281 Å². The number of hydrogen-bond donors (Lipinski definition) is 0. The fourth-order valence-corrected chi connectivity index (χ4v) is 5.14. The van der Waals surface area contributed by atoms with E-state index < -0.39 is 0 Å². The molecule has 7 heteroatoms. The first-order chi connectivity index (χ1) is 22.2. The molecule has 0 radical (unpaired) electrons. The van der Waals surface area contributed by atoms with Crippen LogP contribution in [0.2, 0.25) is 0 Å². The van der Waals surface area contributed by atoms with Gasteiger partial charge in [-0.2, -0.15) is 0 Å². The van der Waals surface area contributed by atoms with E-state index in [1.165, 1.54) is 30.4 Å². The van der Waals surface area contributed by atoms with Gasteiger partial charge in [0.25, 0.3) is 0 Å². The maximum Gasteiger partial charge on any atom is 0.330 e. The van der Waals surface area contributed by atoms with Crippen LogP contribution in [-0.2, 0) is 25.6 Å². The number of rotatable bonds is 27. The van der Waals surface area contributed by atoms with Gasteiger partial charge in [-0.1, -0.05) is 66.5 Å². The Bertz CT molecular complexity index is 1060. The molecular weight excluding hydrogens is 574 g/mol. The van der Waals surface area contributed by atoms with Gasteiger partial charge in [0.05, 0.1) is 19.5 Å². The van der Waals surface area contributed by atoms with E-state index in [1.54, 1.807) is 12.2 Å². The van der Waals surface area contributed by atoms with Gasteiger partial charge in [-0.05, 0) is 119 Å². The lowest BCUT2D eigenvalue weighted by atomic mass is 10.1. The molecule has 0 amide bonds. The van der Waals surface area contributed by atoms with Crippen LogP contribution in [0.3, 0.4) is 0 Å². The summed E-state index contributed by atoms with van der Waals surface area (Å²) < 4.78 is 13.0. The van der Waals surface area contributed by atoms with Crippen LogP contribution < -0.4 is 0 Å². The van der Waals surface area contributed by atoms with Crippen molar-refractivity contribution in [2.24, 2.45) is 0 Å². The van der Waals surface area contributed by atoms with Crippen molar-refractivity contribution in [1.82, 2.24) is 14.5 Å². The van der Waals surface area contributed by atoms with E-state index in [0.29, 0.717) is 13.2 Å². The van der Waals surface area contributed by atoms with Crippen molar-refractivity contribution in [2.45, 2.75) is 138 Å². The maximum absolute atomic E-state index is 12.1. The fraction of sp³-hybridized carbons (Fsp3) is 0.667. The summed E-state index contributed by atoms with van der Waals surface area (Å²) >= 11 is 0. The van der Waals surface area contributed by atoms with E-state index in [1.807, 2.05) is 32.6 Å². The molecule has 46 heavy (non-hydrogen) atoms. The van der Waals surface area contributed by atoms with Gasteiger partial charge in [-0.15, -0.1) is 0 Å². The minimum atomic E-state index is -0.215. The largest absolute Gasteiger partial charge is 0.463 e. The highest BCUT2D eigenvalue weighted by molar-refractivity contribution is 5.83. The molecule has 0 N–H and O–H groups in total. The zero-order chi connectivity index (χ0) is 33.8. The third kappa shape index (κ3) is 25.3. The molecular formula is C39H65N3O4. The number of esters is 2. The third-order valence-corrected chi connectivity index (χ3v) is 7.84. The van der Waals surface area contributed by atoms with Crippen LogP contribution in [-0.4, -0.2) is 59.2 Å². The lowest BCUT2D eigenvalue weighted by Gasteiger charge is -2.22. The second kappa shape index (κ2) is 27.2. The first-order valence-corrected chi connectivity index (χ1v) is 17.8. The number of carbonyl (C=O) groups is 2. The fourth-order valence-electron chi connectivity index (χ4n) is 5.14. The molecule has 0 saturated carbocycles. The summed E-state index contributed by atoms with van der Waals surface area (Å²) in [7, 11) is 0. The number of aromatic nitrogens is 2. The molecule has 0 saturated heterocycles. The highest BCUT2D eigenvalue weighted by atomic mass is 16.5. The number of ether oxygens (including phenoxy) is 2. The monoisotopic (exact) mass is 639 g/mol. The van der Waals surface area contributed by atoms with Crippen molar-refractivity contribution in [3.8, 4) is 0 Å². The molecule has 0 atom stereocenters. The lowest BCUT2D eigenvalue weighted by Crippen LogP contribution is -2.28. The molecule has 0 spiro atoms. The SMILES string of the molecule is CC(C)=CCC/C(C)=C/C(=O)OCCCCCCCN(CCCCCCOC(=O)/C=C(\C)CCC=C(C)C)CCCn1ccnc1. The second-order valence-electron chi connectivity index (χ2n) is 13.1. The molecule has 1 aromatic rings. The van der Waals surface area contributed by atoms with Crippen molar-refractivity contribution in [1.29, 1.82) is 0 Å². The minimum Gasteiger partial charge on any atom is -0.463 e. The Morgan fingerprint density at radius 1 is 0.652 bits per heavy atom. The van der Waals surface area contributed by atoms with Gasteiger partial charge in [-0.3, -0.25) is 0 Å². The van der Waals surface area contributed by atoms with Crippen LogP contribution in [0.15, 0.2) is 65.3 Å². The van der Waals surface area contributed by atoms with Crippen LogP contribution in [0.4, 0.5) is 0 Å². The van der Waals surface area contributed by atoms with E-state index in [9.17, 15) is 9.59 Å². The number of carbonyl (C=O) groups excluding carboxylic acids is 2. The Kier molecular flexibility index (Phi) is 24.3. The normalized spacial score (nSPS) is 11.9. The predicted octanol–water partition coefficient (Wildman–Crippen LogP) is 9.56. The summed E-state index contributed by atoms with van der Waals surface area (Å²) in [5.74, 6) is -0.427. The maximum atomic E-state index is 12.1. The van der Waals surface area contributed by atoms with E-state index >= 15 is 0 Å². The number of aryl methyl sites for hydroxylation is 1. The van der Waals surface area contributed by atoms with Crippen molar-refractivity contribution in [3.05, 3.63) is 65.3 Å². The Balaban J connectivity index is 2.23. The van der Waals surface area contributed by atoms with Crippen LogP contribution in [0, 0.1) is 0 Å². The van der Waals surface area contributed by atoms with Crippen LogP contribution in [0.1, 0.15) is 131 Å². The van der Waals surface area contributed by atoms with Gasteiger partial charge in [0.15, 0.2) is 0 Å².